The highest BCUT2D eigenvalue weighted by atomic mass is 15.1. The minimum absolute atomic E-state index is 0.341. The van der Waals surface area contributed by atoms with E-state index in [1.165, 1.54) is 0 Å². The largest absolute Gasteiger partial charge is 0.318 e. The topological polar surface area (TPSA) is 80.5 Å². The van der Waals surface area contributed by atoms with Gasteiger partial charge in [0.1, 0.15) is 0 Å². The average molecular weight is 239 g/mol. The number of hydrogen-bond donors (Lipinski definition) is 2. The van der Waals surface area contributed by atoms with Gasteiger partial charge < -0.3 is 5.73 Å². The first kappa shape index (κ1) is 10.9. The van der Waals surface area contributed by atoms with E-state index >= 15 is 0 Å². The summed E-state index contributed by atoms with van der Waals surface area (Å²) in [5, 5.41) is 8.15. The van der Waals surface area contributed by atoms with Crippen LogP contribution < -0.4 is 5.73 Å². The van der Waals surface area contributed by atoms with Crippen molar-refractivity contribution in [3.63, 3.8) is 0 Å². The predicted molar refractivity (Wildman–Crippen MR) is 68.9 cm³/mol. The van der Waals surface area contributed by atoms with Crippen LogP contribution in [0.2, 0.25) is 0 Å². The SMILES string of the molecule is Cc1[nH]nc2ccnc(C(N)c3ccccn3)c12. The maximum Gasteiger partial charge on any atom is 0.0958 e. The normalized spacial score (nSPS) is 12.8. The summed E-state index contributed by atoms with van der Waals surface area (Å²) in [5.41, 5.74) is 9.70. The fourth-order valence-corrected chi connectivity index (χ4v) is 2.08. The van der Waals surface area contributed by atoms with Gasteiger partial charge in [-0.25, -0.2) is 0 Å². The van der Waals surface area contributed by atoms with Gasteiger partial charge in [0.25, 0.3) is 0 Å². The summed E-state index contributed by atoms with van der Waals surface area (Å²) in [6, 6.07) is 7.22. The average Bonchev–Trinajstić information content (AvgIpc) is 2.81. The van der Waals surface area contributed by atoms with Crippen LogP contribution in [0.3, 0.4) is 0 Å². The molecular weight excluding hydrogens is 226 g/mol. The van der Waals surface area contributed by atoms with Crippen LogP contribution in [-0.4, -0.2) is 20.2 Å². The zero-order chi connectivity index (χ0) is 12.5. The van der Waals surface area contributed by atoms with Gasteiger partial charge in [-0.05, 0) is 25.1 Å². The van der Waals surface area contributed by atoms with Crippen LogP contribution in [0, 0.1) is 6.92 Å². The maximum absolute atomic E-state index is 6.24. The quantitative estimate of drug-likeness (QED) is 0.713. The van der Waals surface area contributed by atoms with Crippen LogP contribution in [0.5, 0.6) is 0 Å². The molecule has 0 aliphatic heterocycles. The molecule has 5 nitrogen and oxygen atoms in total. The van der Waals surface area contributed by atoms with Gasteiger partial charge in [-0.3, -0.25) is 15.1 Å². The number of aromatic nitrogens is 4. The Balaban J connectivity index is 2.17. The van der Waals surface area contributed by atoms with Crippen molar-refractivity contribution < 1.29 is 0 Å². The number of nitrogens with one attached hydrogen (secondary N) is 1. The lowest BCUT2D eigenvalue weighted by atomic mass is 10.1. The third-order valence-corrected chi connectivity index (χ3v) is 2.98. The Morgan fingerprint density at radius 1 is 1.17 bits per heavy atom. The fourth-order valence-electron chi connectivity index (χ4n) is 2.08. The molecule has 0 radical (unpaired) electrons. The van der Waals surface area contributed by atoms with Crippen molar-refractivity contribution in [2.24, 2.45) is 5.73 Å². The molecule has 1 unspecified atom stereocenters. The molecule has 0 fully saturated rings. The number of hydrogen-bond acceptors (Lipinski definition) is 4. The molecule has 0 amide bonds. The van der Waals surface area contributed by atoms with Gasteiger partial charge in [-0.15, -0.1) is 0 Å². The number of rotatable bonds is 2. The van der Waals surface area contributed by atoms with Crippen LogP contribution in [0.1, 0.15) is 23.1 Å². The Labute approximate surface area is 104 Å². The van der Waals surface area contributed by atoms with Crippen LogP contribution in [0.15, 0.2) is 36.7 Å². The number of pyridine rings is 2. The van der Waals surface area contributed by atoms with Gasteiger partial charge in [0.05, 0.1) is 22.9 Å². The standard InChI is InChI=1S/C13H13N5/c1-8-11-9(18-17-8)5-7-16-13(11)12(14)10-4-2-3-6-15-10/h2-7,12H,14H2,1H3,(H,17,18). The summed E-state index contributed by atoms with van der Waals surface area (Å²) in [4.78, 5) is 8.67. The highest BCUT2D eigenvalue weighted by Crippen LogP contribution is 2.25. The molecule has 0 aromatic carbocycles. The van der Waals surface area contributed by atoms with E-state index in [4.69, 9.17) is 5.73 Å². The number of aryl methyl sites for hydroxylation is 1. The molecular formula is C13H13N5. The summed E-state index contributed by atoms with van der Waals surface area (Å²) in [7, 11) is 0. The highest BCUT2D eigenvalue weighted by molar-refractivity contribution is 5.84. The second kappa shape index (κ2) is 4.19. The van der Waals surface area contributed by atoms with E-state index < -0.39 is 0 Å². The van der Waals surface area contributed by atoms with Crippen LogP contribution in [0.4, 0.5) is 0 Å². The summed E-state index contributed by atoms with van der Waals surface area (Å²) >= 11 is 0. The van der Waals surface area contributed by atoms with E-state index in [1.807, 2.05) is 31.2 Å². The van der Waals surface area contributed by atoms with E-state index in [9.17, 15) is 0 Å². The number of H-pyrrole nitrogens is 1. The molecule has 0 saturated carbocycles. The zero-order valence-electron chi connectivity index (χ0n) is 9.96. The summed E-state index contributed by atoms with van der Waals surface area (Å²) in [6.45, 7) is 1.96. The molecule has 0 bridgehead atoms. The Kier molecular flexibility index (Phi) is 2.53. The van der Waals surface area contributed by atoms with Crippen LogP contribution in [0.25, 0.3) is 10.9 Å². The molecule has 3 N–H and O–H groups in total. The number of nitrogens with zero attached hydrogens (tertiary/aromatic N) is 3. The Bertz CT molecular complexity index is 674. The van der Waals surface area contributed by atoms with Crippen molar-refractivity contribution in [1.29, 1.82) is 0 Å². The molecule has 18 heavy (non-hydrogen) atoms. The van der Waals surface area contributed by atoms with Crippen molar-refractivity contribution in [1.82, 2.24) is 20.2 Å². The number of nitrogens with two attached hydrogens (primary N) is 1. The van der Waals surface area contributed by atoms with E-state index in [-0.39, 0.29) is 6.04 Å². The Morgan fingerprint density at radius 3 is 2.83 bits per heavy atom. The lowest BCUT2D eigenvalue weighted by Gasteiger charge is -2.11. The van der Waals surface area contributed by atoms with Crippen molar-refractivity contribution in [2.75, 3.05) is 0 Å². The predicted octanol–water partition coefficient (Wildman–Crippen LogP) is 1.71. The van der Waals surface area contributed by atoms with Crippen molar-refractivity contribution in [2.45, 2.75) is 13.0 Å². The Hall–Kier alpha value is -2.27. The van der Waals surface area contributed by atoms with Gasteiger partial charge >= 0.3 is 0 Å². The zero-order valence-corrected chi connectivity index (χ0v) is 9.96. The third kappa shape index (κ3) is 1.65. The van der Waals surface area contributed by atoms with E-state index in [0.717, 1.165) is 28.0 Å². The first-order valence-electron chi connectivity index (χ1n) is 5.73. The molecule has 3 rings (SSSR count). The number of fused-ring (bicyclic) bond motifs is 1. The lowest BCUT2D eigenvalue weighted by molar-refractivity contribution is 0.803. The van der Waals surface area contributed by atoms with Crippen molar-refractivity contribution in [3.05, 3.63) is 53.7 Å². The minimum Gasteiger partial charge on any atom is -0.318 e. The van der Waals surface area contributed by atoms with Crippen LogP contribution >= 0.6 is 0 Å². The fraction of sp³-hybridized carbons (Fsp3) is 0.154. The molecule has 3 heterocycles. The van der Waals surface area contributed by atoms with Gasteiger partial charge in [-0.1, -0.05) is 6.07 Å². The van der Waals surface area contributed by atoms with Gasteiger partial charge in [0.15, 0.2) is 0 Å². The maximum atomic E-state index is 6.24. The first-order chi connectivity index (χ1) is 8.77. The first-order valence-corrected chi connectivity index (χ1v) is 5.73. The molecule has 90 valence electrons. The van der Waals surface area contributed by atoms with Crippen molar-refractivity contribution >= 4 is 10.9 Å². The molecule has 0 aliphatic rings. The van der Waals surface area contributed by atoms with E-state index in [2.05, 4.69) is 20.2 Å². The van der Waals surface area contributed by atoms with E-state index in [1.54, 1.807) is 12.4 Å². The van der Waals surface area contributed by atoms with Gasteiger partial charge in [0, 0.05) is 23.5 Å². The summed E-state index contributed by atoms with van der Waals surface area (Å²) in [5.74, 6) is 0. The second-order valence-electron chi connectivity index (χ2n) is 4.17. The molecule has 1 atom stereocenters. The molecule has 0 aliphatic carbocycles. The molecule has 3 aromatic rings. The molecule has 5 heteroatoms. The highest BCUT2D eigenvalue weighted by Gasteiger charge is 2.17. The van der Waals surface area contributed by atoms with Crippen molar-refractivity contribution in [3.8, 4) is 0 Å². The smallest absolute Gasteiger partial charge is 0.0958 e. The molecule has 0 saturated heterocycles. The van der Waals surface area contributed by atoms with Crippen LogP contribution in [-0.2, 0) is 0 Å². The Morgan fingerprint density at radius 2 is 2.06 bits per heavy atom. The monoisotopic (exact) mass is 239 g/mol. The lowest BCUT2D eigenvalue weighted by Crippen LogP contribution is -2.15. The molecule has 0 spiro atoms. The van der Waals surface area contributed by atoms with E-state index in [0.29, 0.717) is 0 Å². The number of aromatic amines is 1. The second-order valence-corrected chi connectivity index (χ2v) is 4.17. The molecule has 3 aromatic heterocycles. The van der Waals surface area contributed by atoms with Gasteiger partial charge in [0.2, 0.25) is 0 Å². The summed E-state index contributed by atoms with van der Waals surface area (Å²) < 4.78 is 0. The minimum atomic E-state index is -0.341. The van der Waals surface area contributed by atoms with Gasteiger partial charge in [-0.2, -0.15) is 5.10 Å². The summed E-state index contributed by atoms with van der Waals surface area (Å²) in [6.07, 6.45) is 3.46. The third-order valence-electron chi connectivity index (χ3n) is 2.98.